The number of Topliss-reactive ketones (excluding diaryl/α,β-unsaturated/α-hetero) is 1. The molecular weight excluding hydrogens is 436 g/mol. The van der Waals surface area contributed by atoms with Crippen molar-refractivity contribution in [2.24, 2.45) is 0 Å². The summed E-state index contributed by atoms with van der Waals surface area (Å²) in [5.41, 5.74) is 2.72. The highest BCUT2D eigenvalue weighted by Gasteiger charge is 2.37. The number of rotatable bonds is 11. The number of methoxy groups -OCH3 is 1. The van der Waals surface area contributed by atoms with E-state index in [1.807, 2.05) is 22.9 Å². The summed E-state index contributed by atoms with van der Waals surface area (Å²) >= 11 is 1.66. The zero-order valence-electron chi connectivity index (χ0n) is 19.9. The lowest BCUT2D eigenvalue weighted by Crippen LogP contribution is -2.31. The standard InChI is InChI=1S/C25H34N4O3S/c1-4-6-8-14-32-20-13-12-17(16-21(20)31-3)23-22-18(10-9-11-19(22)30)26-24-27-25(28-29(23)24)33-15-7-5-2/h12-13,16,23H,4-11,14-15H2,1-3H3,(H,26,27,28). The molecule has 4 rings (SSSR count). The first-order chi connectivity index (χ1) is 16.2. The minimum Gasteiger partial charge on any atom is -0.493 e. The smallest absolute Gasteiger partial charge is 0.227 e. The van der Waals surface area contributed by atoms with Crippen LogP contribution in [0.4, 0.5) is 5.95 Å². The van der Waals surface area contributed by atoms with E-state index in [4.69, 9.17) is 19.6 Å². The lowest BCUT2D eigenvalue weighted by Gasteiger charge is -2.32. The number of hydrogen-bond acceptors (Lipinski definition) is 7. The third-order valence-electron chi connectivity index (χ3n) is 6.09. The SMILES string of the molecule is CCCCCOc1ccc(C2C3=C(CCCC3=O)Nc3nc(SCCCC)nn32)cc1OC. The second kappa shape index (κ2) is 11.1. The molecule has 1 aliphatic carbocycles. The molecule has 7 nitrogen and oxygen atoms in total. The molecule has 0 spiro atoms. The molecule has 178 valence electrons. The lowest BCUT2D eigenvalue weighted by molar-refractivity contribution is -0.116. The van der Waals surface area contributed by atoms with Gasteiger partial charge in [0.25, 0.3) is 0 Å². The Hall–Kier alpha value is -2.48. The highest BCUT2D eigenvalue weighted by Crippen LogP contribution is 2.42. The van der Waals surface area contributed by atoms with Crippen molar-refractivity contribution in [3.63, 3.8) is 0 Å². The van der Waals surface area contributed by atoms with Gasteiger partial charge in [-0.2, -0.15) is 4.98 Å². The van der Waals surface area contributed by atoms with Gasteiger partial charge in [0.2, 0.25) is 11.1 Å². The summed E-state index contributed by atoms with van der Waals surface area (Å²) in [4.78, 5) is 17.8. The molecule has 2 heterocycles. The average Bonchev–Trinajstić information content (AvgIpc) is 3.23. The van der Waals surface area contributed by atoms with Crippen molar-refractivity contribution in [3.8, 4) is 11.5 Å². The number of nitrogens with one attached hydrogen (secondary N) is 1. The normalized spacial score (nSPS) is 17.4. The van der Waals surface area contributed by atoms with E-state index in [-0.39, 0.29) is 11.8 Å². The summed E-state index contributed by atoms with van der Waals surface area (Å²) in [6.45, 7) is 5.02. The maximum Gasteiger partial charge on any atom is 0.227 e. The summed E-state index contributed by atoms with van der Waals surface area (Å²) in [7, 11) is 1.65. The number of anilines is 1. The Morgan fingerprint density at radius 2 is 2.00 bits per heavy atom. The molecule has 2 aliphatic rings. The number of ketones is 1. The minimum absolute atomic E-state index is 0.175. The van der Waals surface area contributed by atoms with Gasteiger partial charge in [-0.15, -0.1) is 5.10 Å². The van der Waals surface area contributed by atoms with Crippen molar-refractivity contribution < 1.29 is 14.3 Å². The van der Waals surface area contributed by atoms with Gasteiger partial charge in [-0.25, -0.2) is 4.68 Å². The van der Waals surface area contributed by atoms with Crippen LogP contribution in [0.1, 0.15) is 76.8 Å². The number of hydrogen-bond donors (Lipinski definition) is 1. The zero-order valence-corrected chi connectivity index (χ0v) is 20.7. The predicted octanol–water partition coefficient (Wildman–Crippen LogP) is 5.77. The topological polar surface area (TPSA) is 78.3 Å². The van der Waals surface area contributed by atoms with Crippen LogP contribution in [0.3, 0.4) is 0 Å². The first kappa shape index (κ1) is 23.7. The number of benzene rings is 1. The molecule has 0 fully saturated rings. The van der Waals surface area contributed by atoms with Crippen molar-refractivity contribution in [2.75, 3.05) is 24.8 Å². The quantitative estimate of drug-likeness (QED) is 0.330. The number of unbranched alkanes of at least 4 members (excludes halogenated alkanes) is 3. The predicted molar refractivity (Wildman–Crippen MR) is 131 cm³/mol. The molecule has 1 unspecified atom stereocenters. The maximum atomic E-state index is 13.0. The molecule has 1 aromatic carbocycles. The first-order valence-corrected chi connectivity index (χ1v) is 13.1. The fourth-order valence-electron chi connectivity index (χ4n) is 4.32. The van der Waals surface area contributed by atoms with Crippen molar-refractivity contribution in [1.29, 1.82) is 0 Å². The third kappa shape index (κ3) is 5.21. The van der Waals surface area contributed by atoms with Crippen molar-refractivity contribution >= 4 is 23.5 Å². The summed E-state index contributed by atoms with van der Waals surface area (Å²) in [5, 5.41) is 8.94. The largest absolute Gasteiger partial charge is 0.493 e. The molecule has 0 saturated heterocycles. The maximum absolute atomic E-state index is 13.0. The van der Waals surface area contributed by atoms with Crippen LogP contribution in [0.2, 0.25) is 0 Å². The van der Waals surface area contributed by atoms with E-state index in [1.165, 1.54) is 0 Å². The van der Waals surface area contributed by atoms with E-state index < -0.39 is 0 Å². The average molecular weight is 471 g/mol. The summed E-state index contributed by atoms with van der Waals surface area (Å²) in [6, 6.07) is 5.63. The van der Waals surface area contributed by atoms with Crippen LogP contribution >= 0.6 is 11.8 Å². The number of carbonyl (C=O) groups is 1. The zero-order chi connectivity index (χ0) is 23.2. The monoisotopic (exact) mass is 470 g/mol. The molecule has 1 aromatic heterocycles. The molecule has 2 aromatic rings. The second-order valence-corrected chi connectivity index (χ2v) is 9.59. The molecule has 0 bridgehead atoms. The van der Waals surface area contributed by atoms with E-state index in [2.05, 4.69) is 19.2 Å². The van der Waals surface area contributed by atoms with Gasteiger partial charge in [-0.05, 0) is 43.4 Å². The first-order valence-electron chi connectivity index (χ1n) is 12.1. The van der Waals surface area contributed by atoms with Crippen LogP contribution in [0, 0.1) is 0 Å². The fraction of sp³-hybridized carbons (Fsp3) is 0.560. The number of allylic oxidation sites excluding steroid dienone is 2. The van der Waals surface area contributed by atoms with Crippen LogP contribution in [0.5, 0.6) is 11.5 Å². The number of aromatic nitrogens is 3. The second-order valence-electron chi connectivity index (χ2n) is 8.53. The van der Waals surface area contributed by atoms with Gasteiger partial charge in [0, 0.05) is 23.4 Å². The number of carbonyl (C=O) groups excluding carboxylic acids is 1. The van der Waals surface area contributed by atoms with E-state index in [0.29, 0.717) is 24.7 Å². The van der Waals surface area contributed by atoms with E-state index in [9.17, 15) is 4.79 Å². The van der Waals surface area contributed by atoms with Gasteiger partial charge in [0.15, 0.2) is 17.3 Å². The Morgan fingerprint density at radius 1 is 1.15 bits per heavy atom. The van der Waals surface area contributed by atoms with Gasteiger partial charge < -0.3 is 14.8 Å². The highest BCUT2D eigenvalue weighted by atomic mass is 32.2. The molecule has 0 amide bonds. The Labute approximate surface area is 200 Å². The van der Waals surface area contributed by atoms with Crippen LogP contribution in [-0.4, -0.2) is 40.0 Å². The Kier molecular flexibility index (Phi) is 7.96. The van der Waals surface area contributed by atoms with Crippen molar-refractivity contribution in [1.82, 2.24) is 14.8 Å². The van der Waals surface area contributed by atoms with Gasteiger partial charge >= 0.3 is 0 Å². The Bertz CT molecular complexity index is 1020. The highest BCUT2D eigenvalue weighted by molar-refractivity contribution is 7.99. The number of fused-ring (bicyclic) bond motifs is 1. The van der Waals surface area contributed by atoms with Gasteiger partial charge in [0.05, 0.1) is 13.7 Å². The molecule has 1 aliphatic heterocycles. The van der Waals surface area contributed by atoms with Crippen LogP contribution in [0.15, 0.2) is 34.6 Å². The third-order valence-corrected chi connectivity index (χ3v) is 7.01. The van der Waals surface area contributed by atoms with Gasteiger partial charge in [-0.3, -0.25) is 4.79 Å². The number of thioether (sulfide) groups is 1. The van der Waals surface area contributed by atoms with Gasteiger partial charge in [0.1, 0.15) is 6.04 Å². The van der Waals surface area contributed by atoms with Crippen LogP contribution in [0.25, 0.3) is 0 Å². The molecule has 1 N–H and O–H groups in total. The van der Waals surface area contributed by atoms with Crippen LogP contribution in [-0.2, 0) is 4.79 Å². The summed E-state index contributed by atoms with van der Waals surface area (Å²) in [6.07, 6.45) is 7.84. The molecule has 0 saturated carbocycles. The van der Waals surface area contributed by atoms with E-state index in [1.54, 1.807) is 18.9 Å². The summed E-state index contributed by atoms with van der Waals surface area (Å²) in [5.74, 6) is 3.26. The molecule has 1 atom stereocenters. The van der Waals surface area contributed by atoms with E-state index in [0.717, 1.165) is 78.4 Å². The van der Waals surface area contributed by atoms with Gasteiger partial charge in [-0.1, -0.05) is 50.9 Å². The lowest BCUT2D eigenvalue weighted by atomic mass is 9.85. The molecule has 33 heavy (non-hydrogen) atoms. The molecule has 8 heteroatoms. The Balaban J connectivity index is 1.68. The number of nitrogens with zero attached hydrogens (tertiary/aromatic N) is 3. The number of ether oxygens (including phenoxy) is 2. The summed E-state index contributed by atoms with van der Waals surface area (Å²) < 4.78 is 13.5. The molecule has 0 radical (unpaired) electrons. The Morgan fingerprint density at radius 3 is 2.79 bits per heavy atom. The van der Waals surface area contributed by atoms with E-state index >= 15 is 0 Å². The minimum atomic E-state index is -0.319. The van der Waals surface area contributed by atoms with Crippen molar-refractivity contribution in [3.05, 3.63) is 35.0 Å². The van der Waals surface area contributed by atoms with Crippen molar-refractivity contribution in [2.45, 2.75) is 76.4 Å². The molecular formula is C25H34N4O3S. The fourth-order valence-corrected chi connectivity index (χ4v) is 5.23. The van der Waals surface area contributed by atoms with Crippen LogP contribution < -0.4 is 14.8 Å².